The lowest BCUT2D eigenvalue weighted by Gasteiger charge is -2.26. The minimum atomic E-state index is -3.55. The third kappa shape index (κ3) is 4.16. The molecule has 1 aliphatic heterocycles. The first-order valence-corrected chi connectivity index (χ1v) is 8.50. The van der Waals surface area contributed by atoms with E-state index < -0.39 is 10.0 Å². The fraction of sp³-hybridized carbons (Fsp3) is 0.615. The zero-order valence-electron chi connectivity index (χ0n) is 11.6. The number of anilines is 1. The second-order valence-electron chi connectivity index (χ2n) is 5.04. The van der Waals surface area contributed by atoms with E-state index in [0.717, 1.165) is 26.1 Å². The monoisotopic (exact) mass is 298 g/mol. The molecule has 1 aliphatic rings. The van der Waals surface area contributed by atoms with Crippen LogP contribution >= 0.6 is 0 Å². The van der Waals surface area contributed by atoms with Crippen molar-refractivity contribution >= 4 is 15.8 Å². The van der Waals surface area contributed by atoms with E-state index >= 15 is 0 Å². The molecule has 2 heterocycles. The first-order chi connectivity index (χ1) is 9.59. The first-order valence-electron chi connectivity index (χ1n) is 7.02. The highest BCUT2D eigenvalue weighted by Crippen LogP contribution is 2.14. The van der Waals surface area contributed by atoms with Crippen molar-refractivity contribution in [3.8, 4) is 0 Å². The standard InChI is InChI=1S/C13H22N4O2S/c14-13-12(6-4-7-15-13)20(18,19)16-8-5-11-17-9-2-1-3-10-17/h4,6-7,16H,1-3,5,8-11H2,(H2,14,15). The third-order valence-electron chi connectivity index (χ3n) is 3.48. The van der Waals surface area contributed by atoms with Gasteiger partial charge in [0.25, 0.3) is 0 Å². The van der Waals surface area contributed by atoms with E-state index in [9.17, 15) is 8.42 Å². The quantitative estimate of drug-likeness (QED) is 0.759. The summed E-state index contributed by atoms with van der Waals surface area (Å²) < 4.78 is 26.7. The molecule has 7 heteroatoms. The predicted molar refractivity (Wildman–Crippen MR) is 78.7 cm³/mol. The maximum absolute atomic E-state index is 12.1. The molecule has 20 heavy (non-hydrogen) atoms. The van der Waals surface area contributed by atoms with Gasteiger partial charge in [0.1, 0.15) is 10.7 Å². The summed E-state index contributed by atoms with van der Waals surface area (Å²) >= 11 is 0. The van der Waals surface area contributed by atoms with Gasteiger partial charge in [0, 0.05) is 12.7 Å². The van der Waals surface area contributed by atoms with Gasteiger partial charge in [-0.25, -0.2) is 18.1 Å². The van der Waals surface area contributed by atoms with Crippen LogP contribution in [0.4, 0.5) is 5.82 Å². The summed E-state index contributed by atoms with van der Waals surface area (Å²) in [5.74, 6) is 0.0380. The summed E-state index contributed by atoms with van der Waals surface area (Å²) in [5.41, 5.74) is 5.59. The number of rotatable bonds is 6. The lowest BCUT2D eigenvalue weighted by atomic mass is 10.1. The molecule has 0 radical (unpaired) electrons. The summed E-state index contributed by atoms with van der Waals surface area (Å²) in [6.07, 6.45) is 6.09. The molecule has 0 atom stereocenters. The Morgan fingerprint density at radius 2 is 2.05 bits per heavy atom. The molecule has 0 aliphatic carbocycles. The number of nitrogens with zero attached hydrogens (tertiary/aromatic N) is 2. The molecule has 1 fully saturated rings. The second kappa shape index (κ2) is 7.01. The summed E-state index contributed by atoms with van der Waals surface area (Å²) in [4.78, 5) is 6.24. The Morgan fingerprint density at radius 3 is 2.75 bits per heavy atom. The number of aromatic nitrogens is 1. The predicted octanol–water partition coefficient (Wildman–Crippen LogP) is 0.818. The van der Waals surface area contributed by atoms with Gasteiger partial charge in [-0.2, -0.15) is 0 Å². The van der Waals surface area contributed by atoms with E-state index in [1.54, 1.807) is 6.07 Å². The topological polar surface area (TPSA) is 88.3 Å². The maximum Gasteiger partial charge on any atom is 0.244 e. The number of piperidine rings is 1. The third-order valence-corrected chi connectivity index (χ3v) is 4.99. The van der Waals surface area contributed by atoms with Crippen LogP contribution in [0.3, 0.4) is 0 Å². The van der Waals surface area contributed by atoms with Crippen LogP contribution in [-0.2, 0) is 10.0 Å². The van der Waals surface area contributed by atoms with E-state index in [1.165, 1.54) is 31.5 Å². The molecule has 1 aromatic rings. The van der Waals surface area contributed by atoms with Gasteiger partial charge < -0.3 is 10.6 Å². The number of likely N-dealkylation sites (tertiary alicyclic amines) is 1. The molecular weight excluding hydrogens is 276 g/mol. The van der Waals surface area contributed by atoms with Crippen LogP contribution in [0, 0.1) is 0 Å². The van der Waals surface area contributed by atoms with Crippen molar-refractivity contribution in [2.75, 3.05) is 31.9 Å². The van der Waals surface area contributed by atoms with Gasteiger partial charge in [-0.05, 0) is 51.0 Å². The number of nitrogen functional groups attached to an aromatic ring is 1. The van der Waals surface area contributed by atoms with Crippen LogP contribution in [0.5, 0.6) is 0 Å². The van der Waals surface area contributed by atoms with Gasteiger partial charge >= 0.3 is 0 Å². The first kappa shape index (κ1) is 15.2. The molecule has 0 saturated carbocycles. The highest BCUT2D eigenvalue weighted by molar-refractivity contribution is 7.89. The van der Waals surface area contributed by atoms with Gasteiger partial charge in [-0.15, -0.1) is 0 Å². The van der Waals surface area contributed by atoms with Crippen LogP contribution in [0.25, 0.3) is 0 Å². The van der Waals surface area contributed by atoms with E-state index in [0.29, 0.717) is 6.54 Å². The van der Waals surface area contributed by atoms with Crippen molar-refractivity contribution in [1.82, 2.24) is 14.6 Å². The second-order valence-corrected chi connectivity index (χ2v) is 6.78. The van der Waals surface area contributed by atoms with Gasteiger partial charge in [0.2, 0.25) is 10.0 Å². The van der Waals surface area contributed by atoms with Gasteiger partial charge in [0.15, 0.2) is 0 Å². The highest BCUT2D eigenvalue weighted by atomic mass is 32.2. The van der Waals surface area contributed by atoms with Crippen molar-refractivity contribution < 1.29 is 8.42 Å². The Hall–Kier alpha value is -1.18. The maximum atomic E-state index is 12.1. The average Bonchev–Trinajstić information content (AvgIpc) is 2.45. The minimum Gasteiger partial charge on any atom is -0.383 e. The van der Waals surface area contributed by atoms with Crippen molar-refractivity contribution in [2.24, 2.45) is 0 Å². The molecule has 0 bridgehead atoms. The van der Waals surface area contributed by atoms with Crippen LogP contribution < -0.4 is 10.5 Å². The van der Waals surface area contributed by atoms with Crippen molar-refractivity contribution in [3.63, 3.8) is 0 Å². The number of nitrogens with one attached hydrogen (secondary N) is 1. The summed E-state index contributed by atoms with van der Waals surface area (Å²) in [5, 5.41) is 0. The number of sulfonamides is 1. The van der Waals surface area contributed by atoms with Crippen LogP contribution in [0.1, 0.15) is 25.7 Å². The zero-order chi connectivity index (χ0) is 14.4. The van der Waals surface area contributed by atoms with E-state index in [-0.39, 0.29) is 10.7 Å². The number of hydrogen-bond acceptors (Lipinski definition) is 5. The Kier molecular flexibility index (Phi) is 5.33. The number of hydrogen-bond donors (Lipinski definition) is 2. The molecule has 0 unspecified atom stereocenters. The van der Waals surface area contributed by atoms with Crippen molar-refractivity contribution in [1.29, 1.82) is 0 Å². The molecule has 0 aromatic carbocycles. The van der Waals surface area contributed by atoms with Gasteiger partial charge in [0.05, 0.1) is 0 Å². The Labute approximate surface area is 120 Å². The minimum absolute atomic E-state index is 0.0380. The molecular formula is C13H22N4O2S. The Balaban J connectivity index is 1.79. The molecule has 0 amide bonds. The number of nitrogens with two attached hydrogens (primary N) is 1. The normalized spacial score (nSPS) is 17.2. The Morgan fingerprint density at radius 1 is 1.30 bits per heavy atom. The SMILES string of the molecule is Nc1ncccc1S(=O)(=O)NCCCN1CCCCC1. The largest absolute Gasteiger partial charge is 0.383 e. The molecule has 0 spiro atoms. The van der Waals surface area contributed by atoms with Crippen LogP contribution in [-0.4, -0.2) is 44.5 Å². The zero-order valence-corrected chi connectivity index (χ0v) is 12.4. The molecule has 1 saturated heterocycles. The Bertz CT molecular complexity index is 527. The summed E-state index contributed by atoms with van der Waals surface area (Å²) in [6.45, 7) is 3.61. The van der Waals surface area contributed by atoms with Gasteiger partial charge in [-0.3, -0.25) is 0 Å². The fourth-order valence-electron chi connectivity index (χ4n) is 2.40. The lowest BCUT2D eigenvalue weighted by Crippen LogP contribution is -2.33. The van der Waals surface area contributed by atoms with E-state index in [4.69, 9.17) is 5.73 Å². The summed E-state index contributed by atoms with van der Waals surface area (Å²) in [7, 11) is -3.55. The fourth-order valence-corrected chi connectivity index (χ4v) is 3.55. The molecule has 1 aromatic heterocycles. The smallest absolute Gasteiger partial charge is 0.244 e. The van der Waals surface area contributed by atoms with Crippen LogP contribution in [0.15, 0.2) is 23.2 Å². The average molecular weight is 298 g/mol. The van der Waals surface area contributed by atoms with Crippen LogP contribution in [0.2, 0.25) is 0 Å². The van der Waals surface area contributed by atoms with Crippen molar-refractivity contribution in [3.05, 3.63) is 18.3 Å². The van der Waals surface area contributed by atoms with E-state index in [2.05, 4.69) is 14.6 Å². The van der Waals surface area contributed by atoms with E-state index in [1.807, 2.05) is 0 Å². The molecule has 112 valence electrons. The number of pyridine rings is 1. The lowest BCUT2D eigenvalue weighted by molar-refractivity contribution is 0.227. The summed E-state index contributed by atoms with van der Waals surface area (Å²) in [6, 6.07) is 3.04. The molecule has 3 N–H and O–H groups in total. The molecule has 6 nitrogen and oxygen atoms in total. The molecule has 2 rings (SSSR count). The van der Waals surface area contributed by atoms with Gasteiger partial charge in [-0.1, -0.05) is 6.42 Å². The van der Waals surface area contributed by atoms with Crippen molar-refractivity contribution in [2.45, 2.75) is 30.6 Å². The highest BCUT2D eigenvalue weighted by Gasteiger charge is 2.17.